The molecule has 0 aliphatic heterocycles. The summed E-state index contributed by atoms with van der Waals surface area (Å²) in [5.41, 5.74) is 1.44. The minimum absolute atomic E-state index is 0.0882. The molecule has 0 spiro atoms. The summed E-state index contributed by atoms with van der Waals surface area (Å²) < 4.78 is 24.5. The van der Waals surface area contributed by atoms with Crippen molar-refractivity contribution in [2.24, 2.45) is 0 Å². The van der Waals surface area contributed by atoms with Gasteiger partial charge >= 0.3 is 0 Å². The lowest BCUT2D eigenvalue weighted by atomic mass is 10.1. The van der Waals surface area contributed by atoms with Gasteiger partial charge in [-0.1, -0.05) is 6.07 Å². The Hall–Kier alpha value is -2.72. The lowest BCUT2D eigenvalue weighted by Crippen LogP contribution is -2.30. The van der Waals surface area contributed by atoms with Crippen molar-refractivity contribution in [3.63, 3.8) is 0 Å². The maximum absolute atomic E-state index is 12.6. The first-order chi connectivity index (χ1) is 13.7. The molecule has 8 nitrogen and oxygen atoms in total. The van der Waals surface area contributed by atoms with Gasteiger partial charge in [-0.05, 0) is 37.4 Å². The highest BCUT2D eigenvalue weighted by Gasteiger charge is 2.18. The van der Waals surface area contributed by atoms with E-state index in [1.165, 1.54) is 7.05 Å². The number of nitrogens with zero attached hydrogens (tertiary/aromatic N) is 3. The number of amides is 1. The Labute approximate surface area is 172 Å². The number of fused-ring (bicyclic) bond motifs is 1. The molecule has 29 heavy (non-hydrogen) atoms. The summed E-state index contributed by atoms with van der Waals surface area (Å²) in [7, 11) is -2.02. The van der Waals surface area contributed by atoms with E-state index < -0.39 is 10.0 Å². The number of anilines is 1. The molecule has 1 amide bonds. The molecule has 154 valence electrons. The maximum atomic E-state index is 12.6. The van der Waals surface area contributed by atoms with Gasteiger partial charge in [0, 0.05) is 36.6 Å². The van der Waals surface area contributed by atoms with Crippen molar-refractivity contribution in [3.8, 4) is 11.3 Å². The van der Waals surface area contributed by atoms with Gasteiger partial charge in [-0.3, -0.25) is 9.59 Å². The molecule has 3 rings (SSSR count). The number of rotatable bonds is 6. The molecule has 0 saturated carbocycles. The van der Waals surface area contributed by atoms with E-state index >= 15 is 0 Å². The Kier molecular flexibility index (Phi) is 5.76. The third-order valence-corrected chi connectivity index (χ3v) is 6.88. The van der Waals surface area contributed by atoms with Crippen LogP contribution >= 0.6 is 11.3 Å². The highest BCUT2D eigenvalue weighted by Crippen LogP contribution is 2.27. The normalized spacial score (nSPS) is 11.6. The molecule has 0 fully saturated rings. The zero-order chi connectivity index (χ0) is 21.3. The molecular formula is C19H22N4O4S2. The van der Waals surface area contributed by atoms with Crippen LogP contribution in [0.4, 0.5) is 5.13 Å². The zero-order valence-electron chi connectivity index (χ0n) is 16.6. The molecule has 0 aliphatic rings. The lowest BCUT2D eigenvalue weighted by Gasteiger charge is -2.18. The molecule has 0 aliphatic carbocycles. The van der Waals surface area contributed by atoms with E-state index in [1.54, 1.807) is 34.5 Å². The van der Waals surface area contributed by atoms with Crippen LogP contribution in [-0.2, 0) is 10.0 Å². The summed E-state index contributed by atoms with van der Waals surface area (Å²) in [4.78, 5) is 34.0. The Bertz CT molecular complexity index is 1230. The van der Waals surface area contributed by atoms with Crippen molar-refractivity contribution in [2.45, 2.75) is 13.8 Å². The molecule has 1 N–H and O–H groups in total. The van der Waals surface area contributed by atoms with E-state index in [-0.39, 0.29) is 16.6 Å². The number of sulfonamides is 1. The number of benzene rings is 1. The first-order valence-electron chi connectivity index (χ1n) is 9.01. The third-order valence-electron chi connectivity index (χ3n) is 4.68. The Morgan fingerprint density at radius 3 is 2.52 bits per heavy atom. The van der Waals surface area contributed by atoms with E-state index in [0.717, 1.165) is 27.3 Å². The lowest BCUT2D eigenvalue weighted by molar-refractivity contribution is 0.0773. The van der Waals surface area contributed by atoms with E-state index in [2.05, 4.69) is 9.97 Å². The van der Waals surface area contributed by atoms with Crippen LogP contribution in [0.5, 0.6) is 0 Å². The van der Waals surface area contributed by atoms with Crippen molar-refractivity contribution in [1.29, 1.82) is 0 Å². The van der Waals surface area contributed by atoms with Crippen molar-refractivity contribution in [3.05, 3.63) is 45.6 Å². The van der Waals surface area contributed by atoms with Crippen LogP contribution in [0.2, 0.25) is 0 Å². The highest BCUT2D eigenvalue weighted by atomic mass is 32.2. The molecule has 2 aromatic heterocycles. The smallest absolute Gasteiger partial charge is 0.257 e. The minimum Gasteiger partial charge on any atom is -0.339 e. The van der Waals surface area contributed by atoms with Gasteiger partial charge < -0.3 is 9.88 Å². The standard InChI is InChI=1S/C19H22N4O4S2/c1-5-23(6-2)18(25)13-8-7-12-9-14(17(24)20-15(12)10-13)16-11-28-19(21-16)22(3)29(4,26)27/h7-11H,5-6H2,1-4H3,(H,20,24). The molecule has 0 atom stereocenters. The van der Waals surface area contributed by atoms with Crippen LogP contribution < -0.4 is 9.86 Å². The predicted octanol–water partition coefficient (Wildman–Crippen LogP) is 2.53. The Balaban J connectivity index is 2.01. The van der Waals surface area contributed by atoms with Crippen LogP contribution in [0.25, 0.3) is 22.2 Å². The Morgan fingerprint density at radius 1 is 1.21 bits per heavy atom. The zero-order valence-corrected chi connectivity index (χ0v) is 18.2. The Morgan fingerprint density at radius 2 is 1.90 bits per heavy atom. The molecule has 0 radical (unpaired) electrons. The number of aromatic nitrogens is 2. The fraction of sp³-hybridized carbons (Fsp3) is 0.316. The quantitative estimate of drug-likeness (QED) is 0.642. The second-order valence-corrected chi connectivity index (χ2v) is 9.39. The summed E-state index contributed by atoms with van der Waals surface area (Å²) >= 11 is 1.14. The van der Waals surface area contributed by atoms with Gasteiger partial charge in [0.2, 0.25) is 10.0 Å². The number of carbonyl (C=O) groups is 1. The van der Waals surface area contributed by atoms with E-state index in [9.17, 15) is 18.0 Å². The van der Waals surface area contributed by atoms with Crippen LogP contribution in [0.3, 0.4) is 0 Å². The molecular weight excluding hydrogens is 412 g/mol. The first-order valence-corrected chi connectivity index (χ1v) is 11.7. The summed E-state index contributed by atoms with van der Waals surface area (Å²) in [6, 6.07) is 6.88. The summed E-state index contributed by atoms with van der Waals surface area (Å²) in [6.45, 7) is 5.05. The van der Waals surface area contributed by atoms with Gasteiger partial charge in [0.15, 0.2) is 5.13 Å². The second kappa shape index (κ2) is 7.96. The van der Waals surface area contributed by atoms with Gasteiger partial charge in [0.1, 0.15) is 0 Å². The number of aromatic amines is 1. The van der Waals surface area contributed by atoms with Crippen molar-refractivity contribution >= 4 is 43.3 Å². The summed E-state index contributed by atoms with van der Waals surface area (Å²) in [6.07, 6.45) is 1.09. The predicted molar refractivity (Wildman–Crippen MR) is 116 cm³/mol. The SMILES string of the molecule is CCN(CC)C(=O)c1ccc2cc(-c3csc(N(C)S(C)(=O)=O)n3)c(=O)[nH]c2c1. The number of thiazole rings is 1. The molecule has 0 bridgehead atoms. The maximum Gasteiger partial charge on any atom is 0.257 e. The van der Waals surface area contributed by atoms with Gasteiger partial charge in [0.25, 0.3) is 11.5 Å². The van der Waals surface area contributed by atoms with Crippen molar-refractivity contribution in [2.75, 3.05) is 30.7 Å². The van der Waals surface area contributed by atoms with Gasteiger partial charge in [-0.15, -0.1) is 11.3 Å². The van der Waals surface area contributed by atoms with Crippen molar-refractivity contribution in [1.82, 2.24) is 14.9 Å². The fourth-order valence-electron chi connectivity index (χ4n) is 2.89. The summed E-state index contributed by atoms with van der Waals surface area (Å²) in [5.74, 6) is -0.0882. The minimum atomic E-state index is -3.43. The third kappa shape index (κ3) is 4.18. The van der Waals surface area contributed by atoms with Crippen LogP contribution in [0, 0.1) is 0 Å². The molecule has 0 unspecified atom stereocenters. The molecule has 0 saturated heterocycles. The molecule has 1 aromatic carbocycles. The number of H-pyrrole nitrogens is 1. The van der Waals surface area contributed by atoms with Crippen LogP contribution in [0.15, 0.2) is 34.4 Å². The van der Waals surface area contributed by atoms with E-state index in [0.29, 0.717) is 35.4 Å². The average molecular weight is 435 g/mol. The van der Waals surface area contributed by atoms with Gasteiger partial charge in [-0.2, -0.15) is 0 Å². The number of pyridine rings is 1. The van der Waals surface area contributed by atoms with Crippen molar-refractivity contribution < 1.29 is 13.2 Å². The monoisotopic (exact) mass is 434 g/mol. The van der Waals surface area contributed by atoms with E-state index in [4.69, 9.17) is 0 Å². The van der Waals surface area contributed by atoms with Gasteiger partial charge in [-0.25, -0.2) is 17.7 Å². The molecule has 2 heterocycles. The highest BCUT2D eigenvalue weighted by molar-refractivity contribution is 7.92. The van der Waals surface area contributed by atoms with E-state index in [1.807, 2.05) is 13.8 Å². The first kappa shape index (κ1) is 21.0. The molecule has 10 heteroatoms. The summed E-state index contributed by atoms with van der Waals surface area (Å²) in [5, 5.41) is 2.68. The second-order valence-electron chi connectivity index (χ2n) is 6.54. The van der Waals surface area contributed by atoms with Crippen LogP contribution in [0.1, 0.15) is 24.2 Å². The molecule has 3 aromatic rings. The van der Waals surface area contributed by atoms with Gasteiger partial charge in [0.05, 0.1) is 17.5 Å². The number of hydrogen-bond acceptors (Lipinski definition) is 6. The largest absolute Gasteiger partial charge is 0.339 e. The number of nitrogens with one attached hydrogen (secondary N) is 1. The number of carbonyl (C=O) groups excluding carboxylic acids is 1. The van der Waals surface area contributed by atoms with Crippen LogP contribution in [-0.4, -0.2) is 55.6 Å². The number of hydrogen-bond donors (Lipinski definition) is 1. The fourth-order valence-corrected chi connectivity index (χ4v) is 4.45. The average Bonchev–Trinajstić information content (AvgIpc) is 3.16. The topological polar surface area (TPSA) is 103 Å².